The van der Waals surface area contributed by atoms with E-state index in [0.29, 0.717) is 0 Å². The van der Waals surface area contributed by atoms with Gasteiger partial charge in [-0.3, -0.25) is 0 Å². The predicted molar refractivity (Wildman–Crippen MR) is 61.8 cm³/mol. The van der Waals surface area contributed by atoms with E-state index < -0.39 is 0 Å². The van der Waals surface area contributed by atoms with Gasteiger partial charge in [0, 0.05) is 0 Å². The van der Waals surface area contributed by atoms with Crippen molar-refractivity contribution >= 4 is 0 Å². The highest BCUT2D eigenvalue weighted by molar-refractivity contribution is 4.88. The van der Waals surface area contributed by atoms with Crippen LogP contribution in [0.1, 0.15) is 53.9 Å². The maximum absolute atomic E-state index is 2.39. The van der Waals surface area contributed by atoms with Crippen molar-refractivity contribution in [3.63, 3.8) is 0 Å². The molecular formula is C13H26. The largest absolute Gasteiger partial charge is 0.0883 e. The lowest BCUT2D eigenvalue weighted by molar-refractivity contribution is 0.369. The highest BCUT2D eigenvalue weighted by atomic mass is 14.2. The molecular weight excluding hydrogens is 156 g/mol. The van der Waals surface area contributed by atoms with Crippen LogP contribution in [-0.4, -0.2) is 0 Å². The number of rotatable bonds is 6. The van der Waals surface area contributed by atoms with Crippen molar-refractivity contribution in [1.82, 2.24) is 0 Å². The second-order valence-electron chi connectivity index (χ2n) is 4.68. The van der Waals surface area contributed by atoms with Gasteiger partial charge >= 0.3 is 0 Å². The van der Waals surface area contributed by atoms with Crippen LogP contribution >= 0.6 is 0 Å². The molecule has 0 N–H and O–H groups in total. The normalized spacial score (nSPS) is 16.8. The molecule has 0 heterocycles. The Morgan fingerprint density at radius 3 is 2.15 bits per heavy atom. The Bertz CT molecular complexity index is 133. The second-order valence-corrected chi connectivity index (χ2v) is 4.68. The van der Waals surface area contributed by atoms with E-state index in [1.807, 2.05) is 0 Å². The third-order valence-corrected chi connectivity index (χ3v) is 2.64. The lowest BCUT2D eigenvalue weighted by Crippen LogP contribution is -2.08. The number of unbranched alkanes of at least 4 members (excludes halogenated alkanes) is 1. The summed E-state index contributed by atoms with van der Waals surface area (Å²) in [5.74, 6) is 2.40. The van der Waals surface area contributed by atoms with Gasteiger partial charge in [0.05, 0.1) is 0 Å². The molecule has 0 aromatic carbocycles. The zero-order chi connectivity index (χ0) is 10.3. The lowest BCUT2D eigenvalue weighted by Gasteiger charge is -2.18. The molecule has 0 radical (unpaired) electrons. The van der Waals surface area contributed by atoms with Crippen LogP contribution < -0.4 is 0 Å². The van der Waals surface area contributed by atoms with Crippen LogP contribution in [-0.2, 0) is 0 Å². The molecule has 0 saturated heterocycles. The Labute approximate surface area is 84.4 Å². The summed E-state index contributed by atoms with van der Waals surface area (Å²) < 4.78 is 0. The van der Waals surface area contributed by atoms with Crippen molar-refractivity contribution in [2.45, 2.75) is 53.9 Å². The third kappa shape index (κ3) is 6.86. The molecule has 0 aliphatic heterocycles. The quantitative estimate of drug-likeness (QED) is 0.524. The SMILES string of the molecule is CCCC=CC(C)C(C)CC(C)C. The van der Waals surface area contributed by atoms with Crippen LogP contribution in [0.4, 0.5) is 0 Å². The Morgan fingerprint density at radius 1 is 1.08 bits per heavy atom. The fourth-order valence-corrected chi connectivity index (χ4v) is 1.63. The van der Waals surface area contributed by atoms with Gasteiger partial charge in [0.25, 0.3) is 0 Å². The molecule has 0 bridgehead atoms. The Morgan fingerprint density at radius 2 is 1.69 bits per heavy atom. The van der Waals surface area contributed by atoms with E-state index in [1.165, 1.54) is 19.3 Å². The topological polar surface area (TPSA) is 0 Å². The molecule has 2 unspecified atom stereocenters. The fraction of sp³-hybridized carbons (Fsp3) is 0.846. The highest BCUT2D eigenvalue weighted by Gasteiger charge is 2.10. The van der Waals surface area contributed by atoms with Crippen LogP contribution in [0.5, 0.6) is 0 Å². The van der Waals surface area contributed by atoms with Gasteiger partial charge < -0.3 is 0 Å². The standard InChI is InChI=1S/C13H26/c1-6-7-8-9-12(4)13(5)10-11(2)3/h8-9,11-13H,6-7,10H2,1-5H3. The molecule has 0 aromatic rings. The maximum Gasteiger partial charge on any atom is -0.0236 e. The van der Waals surface area contributed by atoms with Gasteiger partial charge in [-0.05, 0) is 30.6 Å². The minimum atomic E-state index is 0.744. The van der Waals surface area contributed by atoms with Gasteiger partial charge in [-0.2, -0.15) is 0 Å². The number of allylic oxidation sites excluding steroid dienone is 2. The summed E-state index contributed by atoms with van der Waals surface area (Å²) in [5, 5.41) is 0. The van der Waals surface area contributed by atoms with Crippen molar-refractivity contribution in [2.24, 2.45) is 17.8 Å². The molecule has 0 saturated carbocycles. The molecule has 0 fully saturated rings. The van der Waals surface area contributed by atoms with Crippen LogP contribution in [0.3, 0.4) is 0 Å². The summed E-state index contributed by atoms with van der Waals surface area (Å²) in [4.78, 5) is 0. The first-order valence-corrected chi connectivity index (χ1v) is 5.74. The van der Waals surface area contributed by atoms with Crippen LogP contribution in [0, 0.1) is 17.8 Å². The molecule has 0 rings (SSSR count). The average Bonchev–Trinajstić information content (AvgIpc) is 2.03. The van der Waals surface area contributed by atoms with E-state index in [2.05, 4.69) is 46.8 Å². The van der Waals surface area contributed by atoms with Gasteiger partial charge in [0.15, 0.2) is 0 Å². The van der Waals surface area contributed by atoms with E-state index >= 15 is 0 Å². The summed E-state index contributed by atoms with van der Waals surface area (Å²) in [6.45, 7) is 11.5. The molecule has 0 amide bonds. The Balaban J connectivity index is 3.74. The molecule has 2 atom stereocenters. The van der Waals surface area contributed by atoms with Crippen LogP contribution in [0.2, 0.25) is 0 Å². The second kappa shape index (κ2) is 7.17. The van der Waals surface area contributed by atoms with Crippen LogP contribution in [0.15, 0.2) is 12.2 Å². The molecule has 0 aliphatic carbocycles. The van der Waals surface area contributed by atoms with E-state index in [0.717, 1.165) is 17.8 Å². The molecule has 0 spiro atoms. The van der Waals surface area contributed by atoms with Crippen molar-refractivity contribution in [2.75, 3.05) is 0 Å². The average molecular weight is 182 g/mol. The summed E-state index contributed by atoms with van der Waals surface area (Å²) in [6.07, 6.45) is 8.57. The van der Waals surface area contributed by atoms with E-state index in [1.54, 1.807) is 0 Å². The molecule has 0 aliphatic rings. The smallest absolute Gasteiger partial charge is 0.0236 e. The molecule has 0 aromatic heterocycles. The first-order chi connectivity index (χ1) is 6.07. The van der Waals surface area contributed by atoms with Crippen LogP contribution in [0.25, 0.3) is 0 Å². The first kappa shape index (κ1) is 12.7. The van der Waals surface area contributed by atoms with E-state index in [-0.39, 0.29) is 0 Å². The predicted octanol–water partition coefficient (Wildman–Crippen LogP) is 4.66. The Kier molecular flexibility index (Phi) is 7.03. The van der Waals surface area contributed by atoms with E-state index in [4.69, 9.17) is 0 Å². The highest BCUT2D eigenvalue weighted by Crippen LogP contribution is 2.20. The maximum atomic E-state index is 2.39. The van der Waals surface area contributed by atoms with Crippen molar-refractivity contribution < 1.29 is 0 Å². The first-order valence-electron chi connectivity index (χ1n) is 5.74. The summed E-state index contributed by atoms with van der Waals surface area (Å²) in [6, 6.07) is 0. The fourth-order valence-electron chi connectivity index (χ4n) is 1.63. The zero-order valence-corrected chi connectivity index (χ0v) is 10.0. The zero-order valence-electron chi connectivity index (χ0n) is 10.0. The van der Waals surface area contributed by atoms with Gasteiger partial charge in [-0.25, -0.2) is 0 Å². The van der Waals surface area contributed by atoms with Gasteiger partial charge in [0.2, 0.25) is 0 Å². The minimum absolute atomic E-state index is 0.744. The third-order valence-electron chi connectivity index (χ3n) is 2.64. The summed E-state index contributed by atoms with van der Waals surface area (Å²) in [5.41, 5.74) is 0. The van der Waals surface area contributed by atoms with Gasteiger partial charge in [-0.1, -0.05) is 53.2 Å². The molecule has 78 valence electrons. The van der Waals surface area contributed by atoms with E-state index in [9.17, 15) is 0 Å². The minimum Gasteiger partial charge on any atom is -0.0883 e. The monoisotopic (exact) mass is 182 g/mol. The lowest BCUT2D eigenvalue weighted by atomic mass is 9.88. The van der Waals surface area contributed by atoms with Crippen molar-refractivity contribution in [3.05, 3.63) is 12.2 Å². The number of hydrogen-bond donors (Lipinski definition) is 0. The van der Waals surface area contributed by atoms with Crippen molar-refractivity contribution in [3.8, 4) is 0 Å². The molecule has 0 nitrogen and oxygen atoms in total. The van der Waals surface area contributed by atoms with Gasteiger partial charge in [-0.15, -0.1) is 0 Å². The van der Waals surface area contributed by atoms with Crippen molar-refractivity contribution in [1.29, 1.82) is 0 Å². The number of hydrogen-bond acceptors (Lipinski definition) is 0. The summed E-state index contributed by atoms with van der Waals surface area (Å²) in [7, 11) is 0. The summed E-state index contributed by atoms with van der Waals surface area (Å²) >= 11 is 0. The molecule has 13 heavy (non-hydrogen) atoms. The Hall–Kier alpha value is -0.260. The van der Waals surface area contributed by atoms with Gasteiger partial charge in [0.1, 0.15) is 0 Å². The molecule has 0 heteroatoms.